The number of aryl methyl sites for hydroxylation is 2. The molecule has 1 aromatic heterocycles. The van der Waals surface area contributed by atoms with Crippen LogP contribution in [0.2, 0.25) is 5.02 Å². The van der Waals surface area contributed by atoms with E-state index in [1.54, 1.807) is 31.2 Å². The number of ether oxygens (including phenoxy) is 1. The zero-order chi connectivity index (χ0) is 13.3. The van der Waals surface area contributed by atoms with Gasteiger partial charge in [-0.1, -0.05) is 11.6 Å². The third-order valence-corrected chi connectivity index (χ3v) is 2.99. The fourth-order valence-electron chi connectivity index (χ4n) is 1.82. The van der Waals surface area contributed by atoms with Gasteiger partial charge in [0.05, 0.1) is 17.7 Å². The maximum absolute atomic E-state index is 12.3. The molecule has 0 spiro atoms. The maximum atomic E-state index is 12.3. The SMILES string of the molecule is COc1ccc(C(=O)c2cc(C)oc2C)cc1Cl. The first kappa shape index (κ1) is 12.7. The van der Waals surface area contributed by atoms with E-state index >= 15 is 0 Å². The number of furan rings is 1. The first-order chi connectivity index (χ1) is 8.52. The third kappa shape index (κ3) is 2.27. The molecule has 0 unspecified atom stereocenters. The number of carbonyl (C=O) groups is 1. The molecule has 2 aromatic rings. The molecular formula is C14H13ClO3. The van der Waals surface area contributed by atoms with Crippen molar-refractivity contribution in [1.82, 2.24) is 0 Å². The predicted octanol–water partition coefficient (Wildman–Crippen LogP) is 3.79. The van der Waals surface area contributed by atoms with Gasteiger partial charge in [0.2, 0.25) is 0 Å². The molecule has 1 aromatic carbocycles. The van der Waals surface area contributed by atoms with Crippen LogP contribution in [0.1, 0.15) is 27.4 Å². The van der Waals surface area contributed by atoms with Crippen LogP contribution in [0.4, 0.5) is 0 Å². The van der Waals surface area contributed by atoms with E-state index in [2.05, 4.69) is 0 Å². The van der Waals surface area contributed by atoms with Crippen molar-refractivity contribution < 1.29 is 13.9 Å². The second-order valence-corrected chi connectivity index (χ2v) is 4.41. The van der Waals surface area contributed by atoms with Crippen LogP contribution in [0.3, 0.4) is 0 Å². The van der Waals surface area contributed by atoms with Crippen LogP contribution in [0.5, 0.6) is 5.75 Å². The van der Waals surface area contributed by atoms with E-state index in [0.717, 1.165) is 5.76 Å². The molecule has 94 valence electrons. The summed E-state index contributed by atoms with van der Waals surface area (Å²) in [6.07, 6.45) is 0. The fourth-order valence-corrected chi connectivity index (χ4v) is 2.08. The van der Waals surface area contributed by atoms with Gasteiger partial charge < -0.3 is 9.15 Å². The van der Waals surface area contributed by atoms with E-state index in [-0.39, 0.29) is 5.78 Å². The van der Waals surface area contributed by atoms with Crippen molar-refractivity contribution in [2.45, 2.75) is 13.8 Å². The minimum absolute atomic E-state index is 0.103. The van der Waals surface area contributed by atoms with Crippen LogP contribution < -0.4 is 4.74 Å². The number of carbonyl (C=O) groups excluding carboxylic acids is 1. The Hall–Kier alpha value is -1.74. The summed E-state index contributed by atoms with van der Waals surface area (Å²) in [5.41, 5.74) is 1.08. The Bertz CT molecular complexity index is 599. The number of halogens is 1. The molecule has 0 N–H and O–H groups in total. The van der Waals surface area contributed by atoms with Gasteiger partial charge in [0.25, 0.3) is 0 Å². The second kappa shape index (κ2) is 4.86. The van der Waals surface area contributed by atoms with Crippen LogP contribution in [0, 0.1) is 13.8 Å². The van der Waals surface area contributed by atoms with Gasteiger partial charge in [-0.05, 0) is 38.1 Å². The Morgan fingerprint density at radius 2 is 2.00 bits per heavy atom. The van der Waals surface area contributed by atoms with Crippen molar-refractivity contribution in [3.05, 3.63) is 51.9 Å². The fraction of sp³-hybridized carbons (Fsp3) is 0.214. The Kier molecular flexibility index (Phi) is 3.43. The Balaban J connectivity index is 2.40. The van der Waals surface area contributed by atoms with Crippen molar-refractivity contribution in [1.29, 1.82) is 0 Å². The van der Waals surface area contributed by atoms with Gasteiger partial charge >= 0.3 is 0 Å². The highest BCUT2D eigenvalue weighted by Gasteiger charge is 2.16. The van der Waals surface area contributed by atoms with Crippen LogP contribution in [0.25, 0.3) is 0 Å². The quantitative estimate of drug-likeness (QED) is 0.792. The summed E-state index contributed by atoms with van der Waals surface area (Å²) in [4.78, 5) is 12.3. The summed E-state index contributed by atoms with van der Waals surface area (Å²) >= 11 is 6.01. The van der Waals surface area contributed by atoms with Crippen molar-refractivity contribution in [3.63, 3.8) is 0 Å². The van der Waals surface area contributed by atoms with Gasteiger partial charge in [-0.3, -0.25) is 4.79 Å². The van der Waals surface area contributed by atoms with E-state index in [1.165, 1.54) is 7.11 Å². The lowest BCUT2D eigenvalue weighted by molar-refractivity contribution is 0.103. The number of rotatable bonds is 3. The number of hydrogen-bond donors (Lipinski definition) is 0. The molecule has 0 radical (unpaired) electrons. The van der Waals surface area contributed by atoms with Gasteiger partial charge in [0.1, 0.15) is 17.3 Å². The van der Waals surface area contributed by atoms with Crippen LogP contribution in [-0.2, 0) is 0 Å². The summed E-state index contributed by atoms with van der Waals surface area (Å²) < 4.78 is 10.4. The van der Waals surface area contributed by atoms with E-state index in [0.29, 0.717) is 27.7 Å². The van der Waals surface area contributed by atoms with Gasteiger partial charge in [-0.15, -0.1) is 0 Å². The van der Waals surface area contributed by atoms with Crippen molar-refractivity contribution in [2.24, 2.45) is 0 Å². The Labute approximate surface area is 110 Å². The lowest BCUT2D eigenvalue weighted by Gasteiger charge is -2.05. The molecule has 0 aliphatic rings. The van der Waals surface area contributed by atoms with Gasteiger partial charge in [0.15, 0.2) is 5.78 Å². The molecule has 2 rings (SSSR count). The Morgan fingerprint density at radius 3 is 2.50 bits per heavy atom. The number of hydrogen-bond acceptors (Lipinski definition) is 3. The molecule has 18 heavy (non-hydrogen) atoms. The van der Waals surface area contributed by atoms with Gasteiger partial charge in [0, 0.05) is 5.56 Å². The summed E-state index contributed by atoms with van der Waals surface area (Å²) in [5, 5.41) is 0.418. The Morgan fingerprint density at radius 1 is 1.28 bits per heavy atom. The molecule has 0 amide bonds. The lowest BCUT2D eigenvalue weighted by atomic mass is 10.0. The summed E-state index contributed by atoms with van der Waals surface area (Å²) in [6, 6.07) is 6.70. The zero-order valence-corrected chi connectivity index (χ0v) is 11.2. The third-order valence-electron chi connectivity index (χ3n) is 2.70. The summed E-state index contributed by atoms with van der Waals surface area (Å²) in [5.74, 6) is 1.78. The number of ketones is 1. The second-order valence-electron chi connectivity index (χ2n) is 4.01. The molecular weight excluding hydrogens is 252 g/mol. The molecule has 0 saturated heterocycles. The molecule has 0 fully saturated rings. The minimum atomic E-state index is -0.103. The molecule has 0 atom stereocenters. The smallest absolute Gasteiger partial charge is 0.196 e. The maximum Gasteiger partial charge on any atom is 0.196 e. The highest BCUT2D eigenvalue weighted by molar-refractivity contribution is 6.32. The standard InChI is InChI=1S/C14H13ClO3/c1-8-6-11(9(2)18-8)14(16)10-4-5-13(17-3)12(15)7-10/h4-7H,1-3H3. The first-order valence-electron chi connectivity index (χ1n) is 5.48. The minimum Gasteiger partial charge on any atom is -0.495 e. The lowest BCUT2D eigenvalue weighted by Crippen LogP contribution is -2.01. The highest BCUT2D eigenvalue weighted by atomic mass is 35.5. The van der Waals surface area contributed by atoms with Crippen molar-refractivity contribution in [3.8, 4) is 5.75 Å². The molecule has 1 heterocycles. The van der Waals surface area contributed by atoms with Gasteiger partial charge in [-0.25, -0.2) is 0 Å². The highest BCUT2D eigenvalue weighted by Crippen LogP contribution is 2.27. The van der Waals surface area contributed by atoms with Crippen LogP contribution >= 0.6 is 11.6 Å². The number of benzene rings is 1. The largest absolute Gasteiger partial charge is 0.495 e. The predicted molar refractivity (Wildman–Crippen MR) is 69.6 cm³/mol. The van der Waals surface area contributed by atoms with Crippen molar-refractivity contribution in [2.75, 3.05) is 7.11 Å². The van der Waals surface area contributed by atoms with Crippen LogP contribution in [-0.4, -0.2) is 12.9 Å². The first-order valence-corrected chi connectivity index (χ1v) is 5.86. The van der Waals surface area contributed by atoms with E-state index < -0.39 is 0 Å². The van der Waals surface area contributed by atoms with Crippen LogP contribution in [0.15, 0.2) is 28.7 Å². The summed E-state index contributed by atoms with van der Waals surface area (Å²) in [7, 11) is 1.53. The average Bonchev–Trinajstić information content (AvgIpc) is 2.67. The molecule has 0 aliphatic carbocycles. The summed E-state index contributed by atoms with van der Waals surface area (Å²) in [6.45, 7) is 3.58. The number of methoxy groups -OCH3 is 1. The van der Waals surface area contributed by atoms with Gasteiger partial charge in [-0.2, -0.15) is 0 Å². The normalized spacial score (nSPS) is 10.4. The van der Waals surface area contributed by atoms with E-state index in [1.807, 2.05) is 6.92 Å². The zero-order valence-electron chi connectivity index (χ0n) is 10.4. The van der Waals surface area contributed by atoms with E-state index in [9.17, 15) is 4.79 Å². The average molecular weight is 265 g/mol. The monoisotopic (exact) mass is 264 g/mol. The van der Waals surface area contributed by atoms with E-state index in [4.69, 9.17) is 20.8 Å². The molecule has 0 aliphatic heterocycles. The molecule has 4 heteroatoms. The molecule has 3 nitrogen and oxygen atoms in total. The molecule has 0 bridgehead atoms. The molecule has 0 saturated carbocycles. The van der Waals surface area contributed by atoms with Crippen molar-refractivity contribution >= 4 is 17.4 Å². The topological polar surface area (TPSA) is 39.4 Å².